The minimum Gasteiger partial charge on any atom is -0.348 e. The predicted octanol–water partition coefficient (Wildman–Crippen LogP) is 3.73. The van der Waals surface area contributed by atoms with Crippen molar-refractivity contribution in [1.82, 2.24) is 14.7 Å². The topological polar surface area (TPSA) is 46.4 Å². The lowest BCUT2D eigenvalue weighted by atomic mass is 10.2. The van der Waals surface area contributed by atoms with Crippen LogP contribution in [0.1, 0.15) is 30.8 Å². The van der Waals surface area contributed by atoms with Crippen molar-refractivity contribution >= 4 is 22.2 Å². The van der Waals surface area contributed by atoms with Crippen LogP contribution in [0.3, 0.4) is 0 Å². The molecule has 0 aliphatic carbocycles. The highest BCUT2D eigenvalue weighted by atomic mass is 32.1. The molecule has 0 unspecified atom stereocenters. The van der Waals surface area contributed by atoms with Gasteiger partial charge in [0, 0.05) is 23.2 Å². The van der Waals surface area contributed by atoms with Gasteiger partial charge in [0.05, 0.1) is 5.69 Å². The molecule has 0 radical (unpaired) electrons. The fourth-order valence-electron chi connectivity index (χ4n) is 2.13. The van der Waals surface area contributed by atoms with Crippen molar-refractivity contribution in [3.05, 3.63) is 47.4 Å². The molecule has 6 heteroatoms. The summed E-state index contributed by atoms with van der Waals surface area (Å²) in [5, 5.41) is 4.73. The van der Waals surface area contributed by atoms with Crippen LogP contribution in [0, 0.1) is 5.82 Å². The van der Waals surface area contributed by atoms with E-state index in [0.717, 1.165) is 6.42 Å². The van der Waals surface area contributed by atoms with Gasteiger partial charge in [0.1, 0.15) is 11.5 Å². The number of hydrogen-bond donors (Lipinski definition) is 1. The predicted molar refractivity (Wildman–Crippen MR) is 85.7 cm³/mol. The summed E-state index contributed by atoms with van der Waals surface area (Å²) in [4.78, 5) is 17.5. The molecule has 3 rings (SSSR count). The number of hydrogen-bond acceptors (Lipinski definition) is 3. The van der Waals surface area contributed by atoms with Crippen LogP contribution < -0.4 is 5.32 Å². The summed E-state index contributed by atoms with van der Waals surface area (Å²) in [7, 11) is 0. The SMILES string of the molecule is CC[C@H](C)NC(=O)c1csc2nc(-c3cccc(F)c3)cn12. The minimum absolute atomic E-state index is 0.119. The first-order valence-electron chi connectivity index (χ1n) is 7.12. The Bertz CT molecular complexity index is 824. The third-order valence-corrected chi connectivity index (χ3v) is 4.39. The van der Waals surface area contributed by atoms with Gasteiger partial charge in [-0.05, 0) is 25.5 Å². The van der Waals surface area contributed by atoms with E-state index in [9.17, 15) is 9.18 Å². The van der Waals surface area contributed by atoms with Gasteiger partial charge in [-0.15, -0.1) is 11.3 Å². The first kappa shape index (κ1) is 14.7. The van der Waals surface area contributed by atoms with Gasteiger partial charge in [0.25, 0.3) is 5.91 Å². The molecule has 0 aliphatic rings. The molecule has 0 aliphatic heterocycles. The summed E-state index contributed by atoms with van der Waals surface area (Å²) >= 11 is 1.39. The zero-order valence-electron chi connectivity index (χ0n) is 12.3. The number of imidazole rings is 1. The highest BCUT2D eigenvalue weighted by molar-refractivity contribution is 7.15. The Morgan fingerprint density at radius 1 is 1.50 bits per heavy atom. The molecule has 0 saturated heterocycles. The van der Waals surface area contributed by atoms with E-state index in [2.05, 4.69) is 10.3 Å². The van der Waals surface area contributed by atoms with Crippen LogP contribution in [-0.2, 0) is 0 Å². The molecule has 3 aromatic rings. The van der Waals surface area contributed by atoms with Crippen molar-refractivity contribution in [2.75, 3.05) is 0 Å². The first-order valence-corrected chi connectivity index (χ1v) is 8.00. The van der Waals surface area contributed by atoms with Gasteiger partial charge in [-0.2, -0.15) is 0 Å². The highest BCUT2D eigenvalue weighted by Gasteiger charge is 2.16. The number of thiazole rings is 1. The zero-order chi connectivity index (χ0) is 15.7. The fraction of sp³-hybridized carbons (Fsp3) is 0.250. The van der Waals surface area contributed by atoms with Gasteiger partial charge in [-0.1, -0.05) is 19.1 Å². The maximum absolute atomic E-state index is 13.3. The summed E-state index contributed by atoms with van der Waals surface area (Å²) < 4.78 is 15.1. The molecule has 1 amide bonds. The van der Waals surface area contributed by atoms with E-state index in [0.29, 0.717) is 21.9 Å². The monoisotopic (exact) mass is 317 g/mol. The quantitative estimate of drug-likeness (QED) is 0.797. The molecule has 1 N–H and O–H groups in total. The van der Waals surface area contributed by atoms with E-state index in [4.69, 9.17) is 0 Å². The number of halogens is 1. The van der Waals surface area contributed by atoms with Crippen molar-refractivity contribution in [3.8, 4) is 11.3 Å². The van der Waals surface area contributed by atoms with Crippen molar-refractivity contribution in [2.24, 2.45) is 0 Å². The maximum Gasteiger partial charge on any atom is 0.269 e. The number of aromatic nitrogens is 2. The number of nitrogens with one attached hydrogen (secondary N) is 1. The molecule has 2 heterocycles. The molecular weight excluding hydrogens is 301 g/mol. The van der Waals surface area contributed by atoms with Crippen LogP contribution >= 0.6 is 11.3 Å². The Morgan fingerprint density at radius 3 is 3.05 bits per heavy atom. The summed E-state index contributed by atoms with van der Waals surface area (Å²) in [6.07, 6.45) is 2.64. The summed E-state index contributed by atoms with van der Waals surface area (Å²) in [6, 6.07) is 6.40. The lowest BCUT2D eigenvalue weighted by molar-refractivity contribution is 0.0933. The second-order valence-electron chi connectivity index (χ2n) is 5.19. The number of fused-ring (bicyclic) bond motifs is 1. The lowest BCUT2D eigenvalue weighted by Gasteiger charge is -2.10. The number of rotatable bonds is 4. The van der Waals surface area contributed by atoms with Crippen LogP contribution in [0.5, 0.6) is 0 Å². The van der Waals surface area contributed by atoms with E-state index in [1.54, 1.807) is 28.1 Å². The van der Waals surface area contributed by atoms with Crippen molar-refractivity contribution < 1.29 is 9.18 Å². The molecule has 114 valence electrons. The number of carbonyl (C=O) groups excluding carboxylic acids is 1. The molecule has 0 saturated carbocycles. The highest BCUT2D eigenvalue weighted by Crippen LogP contribution is 2.24. The summed E-state index contributed by atoms with van der Waals surface area (Å²) in [5.41, 5.74) is 1.91. The van der Waals surface area contributed by atoms with Gasteiger partial charge >= 0.3 is 0 Å². The standard InChI is InChI=1S/C16H16FN3OS/c1-3-10(2)18-15(21)14-9-22-16-19-13(8-20(14)16)11-5-4-6-12(17)7-11/h4-10H,3H2,1-2H3,(H,18,21)/t10-/m0/s1. The van der Waals surface area contributed by atoms with Gasteiger partial charge in [0.15, 0.2) is 4.96 Å². The van der Waals surface area contributed by atoms with E-state index >= 15 is 0 Å². The van der Waals surface area contributed by atoms with E-state index in [1.165, 1.54) is 23.5 Å². The number of carbonyl (C=O) groups is 1. The third-order valence-electron chi connectivity index (χ3n) is 3.55. The van der Waals surface area contributed by atoms with Crippen molar-refractivity contribution in [1.29, 1.82) is 0 Å². The lowest BCUT2D eigenvalue weighted by Crippen LogP contribution is -2.32. The number of nitrogens with zero attached hydrogens (tertiary/aromatic N) is 2. The summed E-state index contributed by atoms with van der Waals surface area (Å²) in [6.45, 7) is 3.99. The van der Waals surface area contributed by atoms with Crippen LogP contribution in [0.15, 0.2) is 35.8 Å². The van der Waals surface area contributed by atoms with Crippen molar-refractivity contribution in [2.45, 2.75) is 26.3 Å². The molecule has 4 nitrogen and oxygen atoms in total. The van der Waals surface area contributed by atoms with Crippen LogP contribution in [-0.4, -0.2) is 21.3 Å². The van der Waals surface area contributed by atoms with E-state index in [-0.39, 0.29) is 17.8 Å². The fourth-order valence-corrected chi connectivity index (χ4v) is 2.99. The van der Waals surface area contributed by atoms with Gasteiger partial charge < -0.3 is 5.32 Å². The number of benzene rings is 1. The Hall–Kier alpha value is -2.21. The maximum atomic E-state index is 13.3. The Morgan fingerprint density at radius 2 is 2.32 bits per heavy atom. The smallest absolute Gasteiger partial charge is 0.269 e. The first-order chi connectivity index (χ1) is 10.6. The van der Waals surface area contributed by atoms with E-state index in [1.807, 2.05) is 13.8 Å². The van der Waals surface area contributed by atoms with Crippen molar-refractivity contribution in [3.63, 3.8) is 0 Å². The Labute approximate surface area is 131 Å². The average molecular weight is 317 g/mol. The zero-order valence-corrected chi connectivity index (χ0v) is 13.2. The van der Waals surface area contributed by atoms with Crippen LogP contribution in [0.4, 0.5) is 4.39 Å². The Kier molecular flexibility index (Phi) is 3.94. The summed E-state index contributed by atoms with van der Waals surface area (Å²) in [5.74, 6) is -0.424. The molecule has 0 bridgehead atoms. The van der Waals surface area contributed by atoms with Crippen LogP contribution in [0.25, 0.3) is 16.2 Å². The molecule has 1 atom stereocenters. The van der Waals surface area contributed by atoms with Gasteiger partial charge in [-0.25, -0.2) is 9.37 Å². The van der Waals surface area contributed by atoms with E-state index < -0.39 is 0 Å². The second-order valence-corrected chi connectivity index (χ2v) is 6.03. The molecule has 2 aromatic heterocycles. The molecule has 22 heavy (non-hydrogen) atoms. The molecular formula is C16H16FN3OS. The molecule has 0 fully saturated rings. The Balaban J connectivity index is 1.96. The largest absolute Gasteiger partial charge is 0.348 e. The second kappa shape index (κ2) is 5.88. The van der Waals surface area contributed by atoms with Gasteiger partial charge in [0.2, 0.25) is 0 Å². The molecule has 1 aromatic carbocycles. The number of amides is 1. The van der Waals surface area contributed by atoms with Crippen LogP contribution in [0.2, 0.25) is 0 Å². The normalized spacial score (nSPS) is 12.5. The van der Waals surface area contributed by atoms with Gasteiger partial charge in [-0.3, -0.25) is 9.20 Å². The molecule has 0 spiro atoms. The third kappa shape index (κ3) is 2.74. The average Bonchev–Trinajstić information content (AvgIpc) is 3.06. The minimum atomic E-state index is -0.302.